The molecule has 0 unspecified atom stereocenters. The summed E-state index contributed by atoms with van der Waals surface area (Å²) in [7, 11) is 0. The molecule has 1 heterocycles. The minimum Gasteiger partial charge on any atom is -0.394 e. The zero-order chi connectivity index (χ0) is 11.3. The molecule has 1 aromatic heterocycles. The van der Waals surface area contributed by atoms with Crippen LogP contribution in [0.15, 0.2) is 12.1 Å². The van der Waals surface area contributed by atoms with Crippen molar-refractivity contribution < 1.29 is 10.2 Å². The second-order valence-electron chi connectivity index (χ2n) is 3.95. The van der Waals surface area contributed by atoms with Crippen LogP contribution in [0.3, 0.4) is 0 Å². The number of aliphatic hydroxyl groups excluding tert-OH is 2. The summed E-state index contributed by atoms with van der Waals surface area (Å²) in [5.74, 6) is 0. The molecule has 86 valence electrons. The normalized spacial score (nSPS) is 12.0. The molecule has 0 aromatic carbocycles. The van der Waals surface area contributed by atoms with Gasteiger partial charge in [0.05, 0.1) is 18.8 Å². The molecule has 0 saturated carbocycles. The molecular weight excluding hydrogens is 210 g/mol. The van der Waals surface area contributed by atoms with Crippen LogP contribution in [0.25, 0.3) is 0 Å². The summed E-state index contributed by atoms with van der Waals surface area (Å²) in [5.41, 5.74) is -0.587. The van der Waals surface area contributed by atoms with Crippen molar-refractivity contribution in [1.29, 1.82) is 0 Å². The summed E-state index contributed by atoms with van der Waals surface area (Å²) in [6.07, 6.45) is 1.06. The van der Waals surface area contributed by atoms with Crippen molar-refractivity contribution in [1.82, 2.24) is 5.32 Å². The van der Waals surface area contributed by atoms with Gasteiger partial charge in [0.1, 0.15) is 0 Å². The molecule has 1 rings (SSSR count). The molecule has 0 radical (unpaired) electrons. The monoisotopic (exact) mass is 229 g/mol. The molecule has 0 bridgehead atoms. The van der Waals surface area contributed by atoms with E-state index >= 15 is 0 Å². The van der Waals surface area contributed by atoms with Gasteiger partial charge in [0, 0.05) is 16.3 Å². The molecule has 0 aliphatic rings. The topological polar surface area (TPSA) is 52.5 Å². The first kappa shape index (κ1) is 12.6. The van der Waals surface area contributed by atoms with E-state index in [1.165, 1.54) is 9.75 Å². The Morgan fingerprint density at radius 1 is 1.27 bits per heavy atom. The lowest BCUT2D eigenvalue weighted by Crippen LogP contribution is -2.48. The summed E-state index contributed by atoms with van der Waals surface area (Å²) in [6, 6.07) is 4.21. The average Bonchev–Trinajstić information content (AvgIpc) is 2.74. The number of rotatable bonds is 6. The third-order valence-corrected chi connectivity index (χ3v) is 3.68. The highest BCUT2D eigenvalue weighted by atomic mass is 32.1. The fraction of sp³-hybridized carbons (Fsp3) is 0.636. The van der Waals surface area contributed by atoms with Crippen molar-refractivity contribution in [2.45, 2.75) is 32.4 Å². The highest BCUT2D eigenvalue weighted by molar-refractivity contribution is 7.11. The zero-order valence-corrected chi connectivity index (χ0v) is 10.1. The number of aliphatic hydroxyl groups is 2. The molecule has 0 spiro atoms. The Labute approximate surface area is 94.8 Å². The summed E-state index contributed by atoms with van der Waals surface area (Å²) in [4.78, 5) is 2.60. The molecule has 0 saturated heterocycles. The van der Waals surface area contributed by atoms with Gasteiger partial charge in [-0.25, -0.2) is 0 Å². The summed E-state index contributed by atoms with van der Waals surface area (Å²) < 4.78 is 0. The maximum Gasteiger partial charge on any atom is 0.0633 e. The minimum atomic E-state index is -0.587. The number of thiophene rings is 1. The van der Waals surface area contributed by atoms with Crippen molar-refractivity contribution in [3.05, 3.63) is 21.9 Å². The quantitative estimate of drug-likeness (QED) is 0.686. The maximum absolute atomic E-state index is 9.10. The van der Waals surface area contributed by atoms with Gasteiger partial charge in [0.15, 0.2) is 0 Å². The van der Waals surface area contributed by atoms with E-state index in [9.17, 15) is 0 Å². The van der Waals surface area contributed by atoms with Gasteiger partial charge >= 0.3 is 0 Å². The maximum atomic E-state index is 9.10. The Bertz CT molecular complexity index is 295. The van der Waals surface area contributed by atoms with Crippen LogP contribution in [-0.2, 0) is 13.0 Å². The summed E-state index contributed by atoms with van der Waals surface area (Å²) >= 11 is 1.77. The standard InChI is InChI=1S/C11H19NO2S/c1-3-9-4-5-10(15-9)6-12-11(2,7-13)8-14/h4-5,12-14H,3,6-8H2,1-2H3. The lowest BCUT2D eigenvalue weighted by molar-refractivity contribution is 0.103. The molecule has 3 N–H and O–H groups in total. The highest BCUT2D eigenvalue weighted by Gasteiger charge is 2.21. The number of hydrogen-bond donors (Lipinski definition) is 3. The third-order valence-electron chi connectivity index (χ3n) is 2.45. The van der Waals surface area contributed by atoms with Gasteiger partial charge in [-0.15, -0.1) is 11.3 Å². The lowest BCUT2D eigenvalue weighted by atomic mass is 10.1. The zero-order valence-electron chi connectivity index (χ0n) is 9.29. The Hall–Kier alpha value is -0.420. The second kappa shape index (κ2) is 5.61. The first-order valence-corrected chi connectivity index (χ1v) is 5.99. The minimum absolute atomic E-state index is 0.0600. The van der Waals surface area contributed by atoms with E-state index in [2.05, 4.69) is 24.4 Å². The molecule has 0 amide bonds. The molecule has 0 atom stereocenters. The van der Waals surface area contributed by atoms with Crippen molar-refractivity contribution in [2.24, 2.45) is 0 Å². The SMILES string of the molecule is CCc1ccc(CNC(C)(CO)CO)s1. The number of nitrogens with one attached hydrogen (secondary N) is 1. The fourth-order valence-electron chi connectivity index (χ4n) is 1.17. The molecule has 1 aromatic rings. The van der Waals surface area contributed by atoms with Gasteiger partial charge in [-0.05, 0) is 25.5 Å². The van der Waals surface area contributed by atoms with Gasteiger partial charge < -0.3 is 15.5 Å². The van der Waals surface area contributed by atoms with Crippen LogP contribution in [0, 0.1) is 0 Å². The van der Waals surface area contributed by atoms with E-state index in [4.69, 9.17) is 10.2 Å². The number of aryl methyl sites for hydroxylation is 1. The molecule has 3 nitrogen and oxygen atoms in total. The lowest BCUT2D eigenvalue weighted by Gasteiger charge is -2.25. The molecule has 4 heteroatoms. The Balaban J connectivity index is 2.49. The Kier molecular flexibility index (Phi) is 4.73. The largest absolute Gasteiger partial charge is 0.394 e. The molecule has 0 aliphatic heterocycles. The van der Waals surface area contributed by atoms with E-state index in [0.29, 0.717) is 6.54 Å². The Morgan fingerprint density at radius 3 is 2.33 bits per heavy atom. The summed E-state index contributed by atoms with van der Waals surface area (Å²) in [5, 5.41) is 21.4. The Morgan fingerprint density at radius 2 is 1.87 bits per heavy atom. The van der Waals surface area contributed by atoms with Gasteiger partial charge in [0.2, 0.25) is 0 Å². The van der Waals surface area contributed by atoms with Crippen LogP contribution in [0.5, 0.6) is 0 Å². The van der Waals surface area contributed by atoms with Crippen LogP contribution in [0.2, 0.25) is 0 Å². The predicted molar refractivity (Wildman–Crippen MR) is 63.1 cm³/mol. The predicted octanol–water partition coefficient (Wildman–Crippen LogP) is 1.14. The third kappa shape index (κ3) is 3.57. The highest BCUT2D eigenvalue weighted by Crippen LogP contribution is 2.17. The summed E-state index contributed by atoms with van der Waals surface area (Å²) in [6.45, 7) is 4.52. The van der Waals surface area contributed by atoms with Crippen LogP contribution >= 0.6 is 11.3 Å². The molecule has 0 aliphatic carbocycles. The first-order chi connectivity index (χ1) is 7.13. The number of hydrogen-bond acceptors (Lipinski definition) is 4. The van der Waals surface area contributed by atoms with Crippen LogP contribution < -0.4 is 5.32 Å². The molecular formula is C11H19NO2S. The van der Waals surface area contributed by atoms with Crippen LogP contribution in [-0.4, -0.2) is 29.0 Å². The molecule has 0 fully saturated rings. The van der Waals surface area contributed by atoms with E-state index in [1.54, 1.807) is 18.3 Å². The fourth-order valence-corrected chi connectivity index (χ4v) is 2.07. The van der Waals surface area contributed by atoms with Crippen molar-refractivity contribution in [3.8, 4) is 0 Å². The van der Waals surface area contributed by atoms with Crippen molar-refractivity contribution >= 4 is 11.3 Å². The van der Waals surface area contributed by atoms with Gasteiger partial charge in [-0.3, -0.25) is 0 Å². The molecule has 15 heavy (non-hydrogen) atoms. The van der Waals surface area contributed by atoms with E-state index in [-0.39, 0.29) is 13.2 Å². The van der Waals surface area contributed by atoms with E-state index < -0.39 is 5.54 Å². The second-order valence-corrected chi connectivity index (χ2v) is 5.20. The van der Waals surface area contributed by atoms with Crippen LogP contribution in [0.1, 0.15) is 23.6 Å². The van der Waals surface area contributed by atoms with Crippen molar-refractivity contribution in [3.63, 3.8) is 0 Å². The smallest absolute Gasteiger partial charge is 0.0633 e. The van der Waals surface area contributed by atoms with E-state index in [1.807, 2.05) is 0 Å². The van der Waals surface area contributed by atoms with Gasteiger partial charge in [-0.1, -0.05) is 6.92 Å². The van der Waals surface area contributed by atoms with Crippen LogP contribution in [0.4, 0.5) is 0 Å². The van der Waals surface area contributed by atoms with Gasteiger partial charge in [0.25, 0.3) is 0 Å². The average molecular weight is 229 g/mol. The van der Waals surface area contributed by atoms with E-state index in [0.717, 1.165) is 6.42 Å². The van der Waals surface area contributed by atoms with Gasteiger partial charge in [-0.2, -0.15) is 0 Å². The first-order valence-electron chi connectivity index (χ1n) is 5.18. The van der Waals surface area contributed by atoms with Crippen molar-refractivity contribution in [2.75, 3.05) is 13.2 Å².